The highest BCUT2D eigenvalue weighted by Crippen LogP contribution is 2.25. The third kappa shape index (κ3) is 1.52. The van der Waals surface area contributed by atoms with Crippen LogP contribution in [0.2, 0.25) is 0 Å². The Kier molecular flexibility index (Phi) is 2.27. The lowest BCUT2D eigenvalue weighted by Crippen LogP contribution is -2.21. The van der Waals surface area contributed by atoms with Gasteiger partial charge in [0.1, 0.15) is 0 Å². The predicted molar refractivity (Wildman–Crippen MR) is 57.4 cm³/mol. The molecule has 1 aliphatic rings. The van der Waals surface area contributed by atoms with E-state index in [9.17, 15) is 0 Å². The van der Waals surface area contributed by atoms with Gasteiger partial charge in [-0.25, -0.2) is 9.97 Å². The molecule has 4 nitrogen and oxygen atoms in total. The van der Waals surface area contributed by atoms with Crippen molar-refractivity contribution >= 4 is 11.6 Å². The summed E-state index contributed by atoms with van der Waals surface area (Å²) in [6, 6.07) is 0. The Morgan fingerprint density at radius 3 is 2.07 bits per heavy atom. The van der Waals surface area contributed by atoms with Crippen LogP contribution in [0.1, 0.15) is 24.2 Å². The fraction of sp³-hybridized carbons (Fsp3) is 0.600. The minimum atomic E-state index is 0.378. The quantitative estimate of drug-likeness (QED) is 0.728. The van der Waals surface area contributed by atoms with E-state index in [4.69, 9.17) is 5.73 Å². The first-order chi connectivity index (χ1) is 6.68. The highest BCUT2D eigenvalue weighted by atomic mass is 15.2. The van der Waals surface area contributed by atoms with Crippen molar-refractivity contribution in [2.75, 3.05) is 23.7 Å². The number of nitrogens with two attached hydrogens (primary N) is 1. The Labute approximate surface area is 84.2 Å². The molecule has 0 bridgehead atoms. The Morgan fingerprint density at radius 1 is 1.07 bits per heavy atom. The van der Waals surface area contributed by atoms with E-state index in [1.54, 1.807) is 0 Å². The maximum absolute atomic E-state index is 5.59. The number of hydrogen-bond donors (Lipinski definition) is 1. The van der Waals surface area contributed by atoms with Gasteiger partial charge in [0.2, 0.25) is 5.95 Å². The van der Waals surface area contributed by atoms with E-state index in [0.717, 1.165) is 24.5 Å². The predicted octanol–water partition coefficient (Wildman–Crippen LogP) is 1.28. The van der Waals surface area contributed by atoms with E-state index in [2.05, 4.69) is 14.9 Å². The van der Waals surface area contributed by atoms with Crippen molar-refractivity contribution in [2.45, 2.75) is 26.7 Å². The molecule has 76 valence electrons. The van der Waals surface area contributed by atoms with E-state index >= 15 is 0 Å². The number of hydrogen-bond acceptors (Lipinski definition) is 4. The molecule has 1 fully saturated rings. The maximum atomic E-state index is 5.59. The van der Waals surface area contributed by atoms with Gasteiger partial charge in [-0.3, -0.25) is 0 Å². The molecule has 2 rings (SSSR count). The molecular weight excluding hydrogens is 176 g/mol. The highest BCUT2D eigenvalue weighted by Gasteiger charge is 2.18. The summed E-state index contributed by atoms with van der Waals surface area (Å²) >= 11 is 0. The first-order valence-electron chi connectivity index (χ1n) is 5.04. The van der Waals surface area contributed by atoms with Crippen molar-refractivity contribution in [3.63, 3.8) is 0 Å². The number of nitrogens with zero attached hydrogens (tertiary/aromatic N) is 3. The van der Waals surface area contributed by atoms with E-state index in [1.165, 1.54) is 18.5 Å². The molecule has 0 unspecified atom stereocenters. The average molecular weight is 192 g/mol. The highest BCUT2D eigenvalue weighted by molar-refractivity contribution is 5.56. The van der Waals surface area contributed by atoms with Crippen molar-refractivity contribution in [3.8, 4) is 0 Å². The molecule has 0 aliphatic carbocycles. The lowest BCUT2D eigenvalue weighted by molar-refractivity contribution is 0.919. The van der Waals surface area contributed by atoms with Gasteiger partial charge in [0.25, 0.3) is 0 Å². The standard InChI is InChI=1S/C10H16N4/c1-7-9(14-5-3-4-6-14)8(2)13-10(11)12-7/h3-6H2,1-2H3,(H2,11,12,13). The van der Waals surface area contributed by atoms with Crippen molar-refractivity contribution < 1.29 is 0 Å². The summed E-state index contributed by atoms with van der Waals surface area (Å²) in [5, 5.41) is 0. The summed E-state index contributed by atoms with van der Waals surface area (Å²) < 4.78 is 0. The fourth-order valence-corrected chi connectivity index (χ4v) is 2.13. The first-order valence-corrected chi connectivity index (χ1v) is 5.04. The van der Waals surface area contributed by atoms with Crippen LogP contribution in [0, 0.1) is 13.8 Å². The Morgan fingerprint density at radius 2 is 1.57 bits per heavy atom. The van der Waals surface area contributed by atoms with Gasteiger partial charge in [0, 0.05) is 13.1 Å². The van der Waals surface area contributed by atoms with Crippen LogP contribution in [0.4, 0.5) is 11.6 Å². The number of anilines is 2. The minimum absolute atomic E-state index is 0.378. The Hall–Kier alpha value is -1.32. The second-order valence-corrected chi connectivity index (χ2v) is 3.80. The van der Waals surface area contributed by atoms with Crippen LogP contribution >= 0.6 is 0 Å². The van der Waals surface area contributed by atoms with Gasteiger partial charge in [-0.05, 0) is 26.7 Å². The van der Waals surface area contributed by atoms with Gasteiger partial charge in [-0.1, -0.05) is 0 Å². The zero-order chi connectivity index (χ0) is 10.1. The lowest BCUT2D eigenvalue weighted by Gasteiger charge is -2.21. The van der Waals surface area contributed by atoms with E-state index in [-0.39, 0.29) is 0 Å². The average Bonchev–Trinajstić information content (AvgIpc) is 2.54. The molecule has 4 heteroatoms. The largest absolute Gasteiger partial charge is 0.369 e. The fourth-order valence-electron chi connectivity index (χ4n) is 2.13. The number of aromatic nitrogens is 2. The SMILES string of the molecule is Cc1nc(N)nc(C)c1N1CCCC1. The molecule has 1 aromatic heterocycles. The third-order valence-electron chi connectivity index (χ3n) is 2.67. The van der Waals surface area contributed by atoms with Crippen LogP contribution in [0.5, 0.6) is 0 Å². The van der Waals surface area contributed by atoms with E-state index in [0.29, 0.717) is 5.95 Å². The van der Waals surface area contributed by atoms with Gasteiger partial charge < -0.3 is 10.6 Å². The van der Waals surface area contributed by atoms with Gasteiger partial charge in [-0.15, -0.1) is 0 Å². The van der Waals surface area contributed by atoms with Crippen LogP contribution in [0.15, 0.2) is 0 Å². The van der Waals surface area contributed by atoms with Crippen LogP contribution in [0.25, 0.3) is 0 Å². The van der Waals surface area contributed by atoms with Crippen molar-refractivity contribution in [1.82, 2.24) is 9.97 Å². The second kappa shape index (κ2) is 3.44. The topological polar surface area (TPSA) is 55.0 Å². The Balaban J connectivity index is 2.40. The van der Waals surface area contributed by atoms with Gasteiger partial charge >= 0.3 is 0 Å². The van der Waals surface area contributed by atoms with Crippen molar-refractivity contribution in [3.05, 3.63) is 11.4 Å². The molecule has 0 saturated carbocycles. The molecule has 2 heterocycles. The lowest BCUT2D eigenvalue weighted by atomic mass is 10.2. The summed E-state index contributed by atoms with van der Waals surface area (Å²) in [6.07, 6.45) is 2.53. The van der Waals surface area contributed by atoms with Crippen molar-refractivity contribution in [1.29, 1.82) is 0 Å². The van der Waals surface area contributed by atoms with Gasteiger partial charge in [-0.2, -0.15) is 0 Å². The second-order valence-electron chi connectivity index (χ2n) is 3.80. The molecule has 2 N–H and O–H groups in total. The number of aryl methyl sites for hydroxylation is 2. The zero-order valence-electron chi connectivity index (χ0n) is 8.75. The van der Waals surface area contributed by atoms with E-state index < -0.39 is 0 Å². The Bertz CT molecular complexity index is 319. The first kappa shape index (κ1) is 9.24. The van der Waals surface area contributed by atoms with E-state index in [1.807, 2.05) is 13.8 Å². The summed E-state index contributed by atoms with van der Waals surface area (Å²) in [5.74, 6) is 0.378. The molecule has 14 heavy (non-hydrogen) atoms. The monoisotopic (exact) mass is 192 g/mol. The molecule has 0 spiro atoms. The molecule has 0 aromatic carbocycles. The number of nitrogen functional groups attached to an aromatic ring is 1. The zero-order valence-corrected chi connectivity index (χ0v) is 8.75. The van der Waals surface area contributed by atoms with Gasteiger partial charge in [0.15, 0.2) is 0 Å². The van der Waals surface area contributed by atoms with Crippen LogP contribution in [-0.4, -0.2) is 23.1 Å². The summed E-state index contributed by atoms with van der Waals surface area (Å²) in [6.45, 7) is 6.24. The van der Waals surface area contributed by atoms with Crippen LogP contribution in [-0.2, 0) is 0 Å². The molecule has 1 aliphatic heterocycles. The number of rotatable bonds is 1. The molecule has 0 radical (unpaired) electrons. The summed E-state index contributed by atoms with van der Waals surface area (Å²) in [5.41, 5.74) is 8.76. The third-order valence-corrected chi connectivity index (χ3v) is 2.67. The molecule has 1 aromatic rings. The molecule has 1 saturated heterocycles. The van der Waals surface area contributed by atoms with Crippen LogP contribution < -0.4 is 10.6 Å². The smallest absolute Gasteiger partial charge is 0.220 e. The molecule has 0 amide bonds. The summed E-state index contributed by atoms with van der Waals surface area (Å²) in [4.78, 5) is 10.8. The van der Waals surface area contributed by atoms with Gasteiger partial charge in [0.05, 0.1) is 17.1 Å². The maximum Gasteiger partial charge on any atom is 0.220 e. The molecule has 0 atom stereocenters. The minimum Gasteiger partial charge on any atom is -0.369 e. The van der Waals surface area contributed by atoms with Crippen molar-refractivity contribution in [2.24, 2.45) is 0 Å². The van der Waals surface area contributed by atoms with Crippen LogP contribution in [0.3, 0.4) is 0 Å². The summed E-state index contributed by atoms with van der Waals surface area (Å²) in [7, 11) is 0. The molecular formula is C10H16N4. The normalized spacial score (nSPS) is 16.3.